The van der Waals surface area contributed by atoms with E-state index in [1.165, 1.54) is 5.56 Å². The number of hydrogen-bond donors (Lipinski definition) is 0. The molecule has 1 fully saturated rings. The number of piperazine rings is 1. The summed E-state index contributed by atoms with van der Waals surface area (Å²) in [5.74, 6) is 1.54. The third kappa shape index (κ3) is 5.29. The van der Waals surface area contributed by atoms with Gasteiger partial charge in [0.1, 0.15) is 0 Å². The van der Waals surface area contributed by atoms with Crippen LogP contribution in [0.4, 0.5) is 0 Å². The molecule has 0 saturated carbocycles. The quantitative estimate of drug-likeness (QED) is 0.620. The first-order valence-electron chi connectivity index (χ1n) is 10.2. The molecule has 3 aromatic rings. The number of oxazole rings is 1. The highest BCUT2D eigenvalue weighted by atomic mass is 16.4. The lowest BCUT2D eigenvalue weighted by Crippen LogP contribution is -2.49. The van der Waals surface area contributed by atoms with E-state index in [0.29, 0.717) is 18.7 Å². The number of aromatic nitrogens is 2. The van der Waals surface area contributed by atoms with Gasteiger partial charge in [0.05, 0.1) is 6.20 Å². The van der Waals surface area contributed by atoms with Gasteiger partial charge in [-0.25, -0.2) is 4.98 Å². The van der Waals surface area contributed by atoms with Gasteiger partial charge in [-0.05, 0) is 24.1 Å². The first-order chi connectivity index (χ1) is 14.3. The summed E-state index contributed by atoms with van der Waals surface area (Å²) in [7, 11) is 0. The van der Waals surface area contributed by atoms with Crippen LogP contribution in [0.2, 0.25) is 0 Å². The Bertz CT molecular complexity index is 903. The molecule has 1 saturated heterocycles. The summed E-state index contributed by atoms with van der Waals surface area (Å²) in [4.78, 5) is 25.3. The molecule has 0 unspecified atom stereocenters. The van der Waals surface area contributed by atoms with Gasteiger partial charge in [-0.1, -0.05) is 30.3 Å². The van der Waals surface area contributed by atoms with Crippen LogP contribution in [0.5, 0.6) is 0 Å². The maximum absolute atomic E-state index is 12.6. The number of aryl methyl sites for hydroxylation is 1. The van der Waals surface area contributed by atoms with Crippen LogP contribution < -0.4 is 0 Å². The Hall–Kier alpha value is -2.99. The van der Waals surface area contributed by atoms with Crippen molar-refractivity contribution in [2.45, 2.75) is 19.3 Å². The monoisotopic (exact) mass is 390 g/mol. The zero-order chi connectivity index (χ0) is 19.9. The zero-order valence-electron chi connectivity index (χ0n) is 16.5. The summed E-state index contributed by atoms with van der Waals surface area (Å²) < 4.78 is 5.80. The maximum atomic E-state index is 12.6. The molecule has 1 aromatic carbocycles. The van der Waals surface area contributed by atoms with Crippen molar-refractivity contribution in [3.63, 3.8) is 0 Å². The highest BCUT2D eigenvalue weighted by molar-refractivity contribution is 5.76. The number of nitrogens with zero attached hydrogens (tertiary/aromatic N) is 4. The van der Waals surface area contributed by atoms with Gasteiger partial charge in [0.2, 0.25) is 5.91 Å². The van der Waals surface area contributed by atoms with Crippen molar-refractivity contribution in [1.29, 1.82) is 0 Å². The Balaban J connectivity index is 1.20. The van der Waals surface area contributed by atoms with Gasteiger partial charge in [0.25, 0.3) is 0 Å². The van der Waals surface area contributed by atoms with Crippen molar-refractivity contribution in [3.05, 3.63) is 72.5 Å². The Labute approximate surface area is 171 Å². The summed E-state index contributed by atoms with van der Waals surface area (Å²) in [5.41, 5.74) is 2.31. The Kier molecular flexibility index (Phi) is 6.32. The van der Waals surface area contributed by atoms with E-state index in [1.54, 1.807) is 6.20 Å². The van der Waals surface area contributed by atoms with Crippen LogP contribution in [0.1, 0.15) is 17.9 Å². The predicted molar refractivity (Wildman–Crippen MR) is 111 cm³/mol. The lowest BCUT2D eigenvalue weighted by Gasteiger charge is -2.34. The Morgan fingerprint density at radius 1 is 0.966 bits per heavy atom. The first kappa shape index (κ1) is 19.3. The van der Waals surface area contributed by atoms with Crippen molar-refractivity contribution >= 4 is 5.91 Å². The lowest BCUT2D eigenvalue weighted by molar-refractivity contribution is -0.133. The highest BCUT2D eigenvalue weighted by Crippen LogP contribution is 2.20. The summed E-state index contributed by atoms with van der Waals surface area (Å²) in [6.45, 7) is 4.44. The molecule has 0 spiro atoms. The summed E-state index contributed by atoms with van der Waals surface area (Å²) in [6, 6.07) is 14.0. The third-order valence-corrected chi connectivity index (χ3v) is 5.36. The smallest absolute Gasteiger partial charge is 0.223 e. The van der Waals surface area contributed by atoms with Crippen LogP contribution >= 0.6 is 0 Å². The molecule has 0 bridgehead atoms. The molecule has 4 rings (SSSR count). The molecule has 6 nitrogen and oxygen atoms in total. The molecule has 29 heavy (non-hydrogen) atoms. The zero-order valence-corrected chi connectivity index (χ0v) is 16.5. The standard InChI is InChI=1S/C23H26N4O2/c28-23(7-6-22-25-18-21(29-22)20-4-2-1-3-5-20)27-16-14-26(15-17-27)13-10-19-8-11-24-12-9-19/h1-5,8-9,11-12,18H,6-7,10,13-17H2. The predicted octanol–water partition coefficient (Wildman–Crippen LogP) is 3.06. The van der Waals surface area contributed by atoms with E-state index in [-0.39, 0.29) is 5.91 Å². The van der Waals surface area contributed by atoms with Crippen LogP contribution in [0.15, 0.2) is 65.5 Å². The average molecular weight is 390 g/mol. The minimum absolute atomic E-state index is 0.179. The fourth-order valence-corrected chi connectivity index (χ4v) is 3.59. The second kappa shape index (κ2) is 9.47. The number of carbonyl (C=O) groups excluding carboxylic acids is 1. The van der Waals surface area contributed by atoms with E-state index >= 15 is 0 Å². The molecule has 0 aliphatic carbocycles. The van der Waals surface area contributed by atoms with Crippen molar-refractivity contribution < 1.29 is 9.21 Å². The van der Waals surface area contributed by atoms with E-state index in [2.05, 4.69) is 27.0 Å². The van der Waals surface area contributed by atoms with Gasteiger partial charge < -0.3 is 9.32 Å². The number of hydrogen-bond acceptors (Lipinski definition) is 5. The Morgan fingerprint density at radius 2 is 1.72 bits per heavy atom. The molecule has 1 aliphatic heterocycles. The summed E-state index contributed by atoms with van der Waals surface area (Å²) in [5, 5.41) is 0. The number of benzene rings is 1. The molecule has 2 aromatic heterocycles. The molecule has 0 atom stereocenters. The van der Waals surface area contributed by atoms with E-state index in [4.69, 9.17) is 4.42 Å². The topological polar surface area (TPSA) is 62.5 Å². The van der Waals surface area contributed by atoms with Crippen molar-refractivity contribution in [1.82, 2.24) is 19.8 Å². The molecule has 3 heterocycles. The molecule has 0 radical (unpaired) electrons. The lowest BCUT2D eigenvalue weighted by atomic mass is 10.2. The second-order valence-corrected chi connectivity index (χ2v) is 7.31. The average Bonchev–Trinajstić information content (AvgIpc) is 3.27. The van der Waals surface area contributed by atoms with Gasteiger partial charge in [0, 0.05) is 63.5 Å². The fourth-order valence-electron chi connectivity index (χ4n) is 3.59. The molecule has 1 aliphatic rings. The maximum Gasteiger partial charge on any atom is 0.223 e. The third-order valence-electron chi connectivity index (χ3n) is 5.36. The number of rotatable bonds is 7. The minimum atomic E-state index is 0.179. The van der Waals surface area contributed by atoms with Gasteiger partial charge >= 0.3 is 0 Å². The molecular weight excluding hydrogens is 364 g/mol. The van der Waals surface area contributed by atoms with Crippen LogP contribution in [0, 0.1) is 0 Å². The van der Waals surface area contributed by atoms with Crippen LogP contribution in [0.3, 0.4) is 0 Å². The van der Waals surface area contributed by atoms with E-state index in [0.717, 1.165) is 50.5 Å². The fraction of sp³-hybridized carbons (Fsp3) is 0.348. The summed E-state index contributed by atoms with van der Waals surface area (Å²) in [6.07, 6.45) is 7.39. The minimum Gasteiger partial charge on any atom is -0.441 e. The molecular formula is C23H26N4O2. The van der Waals surface area contributed by atoms with Crippen molar-refractivity contribution in [2.24, 2.45) is 0 Å². The molecule has 150 valence electrons. The second-order valence-electron chi connectivity index (χ2n) is 7.31. The van der Waals surface area contributed by atoms with E-state index in [9.17, 15) is 4.79 Å². The molecule has 6 heteroatoms. The van der Waals surface area contributed by atoms with Gasteiger partial charge in [0.15, 0.2) is 11.7 Å². The SMILES string of the molecule is O=C(CCc1ncc(-c2ccccc2)o1)N1CCN(CCc2ccncc2)CC1. The van der Waals surface area contributed by atoms with E-state index < -0.39 is 0 Å². The highest BCUT2D eigenvalue weighted by Gasteiger charge is 2.21. The number of pyridine rings is 1. The Morgan fingerprint density at radius 3 is 2.48 bits per heavy atom. The van der Waals surface area contributed by atoms with Crippen LogP contribution in [-0.4, -0.2) is 58.4 Å². The molecule has 1 amide bonds. The van der Waals surface area contributed by atoms with Crippen molar-refractivity contribution in [2.75, 3.05) is 32.7 Å². The largest absolute Gasteiger partial charge is 0.441 e. The first-order valence-corrected chi connectivity index (χ1v) is 10.2. The van der Waals surface area contributed by atoms with Gasteiger partial charge in [-0.3, -0.25) is 14.7 Å². The van der Waals surface area contributed by atoms with Gasteiger partial charge in [-0.2, -0.15) is 0 Å². The summed E-state index contributed by atoms with van der Waals surface area (Å²) >= 11 is 0. The number of carbonyl (C=O) groups is 1. The van der Waals surface area contributed by atoms with Gasteiger partial charge in [-0.15, -0.1) is 0 Å². The number of amides is 1. The normalized spacial score (nSPS) is 14.8. The van der Waals surface area contributed by atoms with E-state index in [1.807, 2.05) is 47.6 Å². The molecule has 0 N–H and O–H groups in total. The van der Waals surface area contributed by atoms with Crippen molar-refractivity contribution in [3.8, 4) is 11.3 Å². The van der Waals surface area contributed by atoms with Crippen LogP contribution in [0.25, 0.3) is 11.3 Å². The van der Waals surface area contributed by atoms with Crippen LogP contribution in [-0.2, 0) is 17.6 Å².